The molecule has 4 aliphatic heterocycles. The number of carbonyl (C=O) groups is 4. The van der Waals surface area contributed by atoms with E-state index in [1.54, 1.807) is 0 Å². The van der Waals surface area contributed by atoms with Crippen LogP contribution >= 0.6 is 0 Å². The summed E-state index contributed by atoms with van der Waals surface area (Å²) in [4.78, 5) is 72.0. The highest BCUT2D eigenvalue weighted by Crippen LogP contribution is 2.56. The Balaban J connectivity index is 0.726. The van der Waals surface area contributed by atoms with Gasteiger partial charge in [0, 0.05) is 38.5 Å². The number of likely N-dealkylation sites (tertiary alicyclic amines) is 2. The summed E-state index contributed by atoms with van der Waals surface area (Å²) in [6.45, 7) is 2.11. The average Bonchev–Trinajstić information content (AvgIpc) is 4.23. The minimum atomic E-state index is -1.18. The van der Waals surface area contributed by atoms with Gasteiger partial charge in [0.1, 0.15) is 23.7 Å². The average molecular weight is 859 g/mol. The van der Waals surface area contributed by atoms with Crippen molar-refractivity contribution in [2.24, 2.45) is 23.7 Å². The molecule has 7 fully saturated rings. The second kappa shape index (κ2) is 16.1. The fraction of sp³-hybridized carbons (Fsp3) is 0.532. The van der Waals surface area contributed by atoms with E-state index >= 15 is 0 Å². The molecule has 4 saturated heterocycles. The lowest BCUT2D eigenvalue weighted by molar-refractivity contribution is -0.138. The van der Waals surface area contributed by atoms with Crippen LogP contribution in [-0.2, 0) is 19.1 Å². The number of aromatic amines is 2. The maximum atomic E-state index is 14.0. The van der Waals surface area contributed by atoms with Gasteiger partial charge < -0.3 is 50.1 Å². The molecule has 2 aromatic carbocycles. The Morgan fingerprint density at radius 2 is 0.984 bits per heavy atom. The Labute approximate surface area is 364 Å². The summed E-state index contributed by atoms with van der Waals surface area (Å²) in [6, 6.07) is 15.5. The van der Waals surface area contributed by atoms with E-state index in [9.17, 15) is 29.4 Å². The third kappa shape index (κ3) is 7.74. The molecule has 3 saturated carbocycles. The fourth-order valence-electron chi connectivity index (χ4n) is 11.5. The number of hydrogen-bond donors (Lipinski definition) is 6. The van der Waals surface area contributed by atoms with Gasteiger partial charge in [-0.3, -0.25) is 9.59 Å². The highest BCUT2D eigenvalue weighted by Gasteiger charge is 2.58. The topological polar surface area (TPSA) is 215 Å². The van der Waals surface area contributed by atoms with Crippen LogP contribution in [0.25, 0.3) is 22.5 Å². The van der Waals surface area contributed by atoms with E-state index in [1.165, 1.54) is 11.1 Å². The third-order valence-electron chi connectivity index (χ3n) is 15.2. The van der Waals surface area contributed by atoms with Gasteiger partial charge in [0.05, 0.1) is 35.9 Å². The Bertz CT molecular complexity index is 2210. The second-order valence-corrected chi connectivity index (χ2v) is 18.9. The lowest BCUT2D eigenvalue weighted by Gasteiger charge is -2.35. The molecule has 0 spiro atoms. The summed E-state index contributed by atoms with van der Waals surface area (Å²) in [5.41, 5.74) is 6.38. The standard InChI is InChI=1S/C47H54N8O8/c56-44(40(52-46(58)59)28-9-13-62-14-10-28)54-36-17-30(36)19-38(54)42-48-22-34(50-42)26-5-1-24(2-6-26)32-21-33(32)25-3-7-27(8-4-25)35-23-49-43(51-35)39-20-31-18-37(31)55(39)45(57)41(53-47(60)61)29-11-15-63-16-12-29/h1-8,22-23,28-33,36-41,52-53H,9-21H2,(H,48,50)(H,49,51)(H,58,59)(H,60,61)/t30-,31-,32+,33+,36?,37?,38+,39+,40-,41-/m1/s1. The molecule has 6 N–H and O–H groups in total. The van der Waals surface area contributed by atoms with Crippen molar-refractivity contribution in [2.75, 3.05) is 26.4 Å². The monoisotopic (exact) mass is 858 g/mol. The molecule has 3 aliphatic carbocycles. The van der Waals surface area contributed by atoms with E-state index in [0.717, 1.165) is 66.3 Å². The Morgan fingerprint density at radius 1 is 0.587 bits per heavy atom. The lowest BCUT2D eigenvalue weighted by Crippen LogP contribution is -2.53. The number of piperidine rings is 2. The first kappa shape index (κ1) is 40.1. The van der Waals surface area contributed by atoms with Crippen molar-refractivity contribution in [1.29, 1.82) is 0 Å². The largest absolute Gasteiger partial charge is 0.465 e. The Kier molecular flexibility index (Phi) is 10.2. The number of amides is 4. The van der Waals surface area contributed by atoms with E-state index in [2.05, 4.69) is 69.1 Å². The molecule has 330 valence electrons. The molecule has 2 unspecified atom stereocenters. The van der Waals surface area contributed by atoms with Gasteiger partial charge in [-0.05, 0) is 116 Å². The van der Waals surface area contributed by atoms with Crippen LogP contribution in [0.3, 0.4) is 0 Å². The molecule has 4 amide bonds. The predicted octanol–water partition coefficient (Wildman–Crippen LogP) is 6.19. The first-order chi connectivity index (χ1) is 30.7. The number of rotatable bonds is 12. The number of aromatic nitrogens is 4. The first-order valence-corrected chi connectivity index (χ1v) is 22.8. The number of carbonyl (C=O) groups excluding carboxylic acids is 2. The number of benzene rings is 2. The predicted molar refractivity (Wildman–Crippen MR) is 227 cm³/mol. The van der Waals surface area contributed by atoms with Gasteiger partial charge in [-0.25, -0.2) is 19.6 Å². The zero-order valence-corrected chi connectivity index (χ0v) is 35.0. The van der Waals surface area contributed by atoms with Crippen LogP contribution < -0.4 is 10.6 Å². The third-order valence-corrected chi connectivity index (χ3v) is 15.2. The molecule has 0 bridgehead atoms. The summed E-state index contributed by atoms with van der Waals surface area (Å²) >= 11 is 0. The maximum absolute atomic E-state index is 14.0. The molecule has 63 heavy (non-hydrogen) atoms. The van der Waals surface area contributed by atoms with Crippen molar-refractivity contribution in [3.05, 3.63) is 83.7 Å². The number of nitrogens with one attached hydrogen (secondary N) is 4. The van der Waals surface area contributed by atoms with Gasteiger partial charge in [-0.2, -0.15) is 0 Å². The Morgan fingerprint density at radius 3 is 1.37 bits per heavy atom. The SMILES string of the molecule is O=C(O)N[C@@H](C(=O)N1C2C[C@@H]2C[C@H]1c1ncc(-c2ccc([C@@H]3C[C@H]3c3ccc(-c4cnc([C@@H]5C[C@H]6CC6N5C(=O)[C@H](NC(=O)O)C5CCOCC5)[nH]4)cc3)cc2)[nH]1)C1CCOCC1. The molecule has 16 nitrogen and oxygen atoms in total. The number of imidazole rings is 2. The van der Waals surface area contributed by atoms with Crippen molar-refractivity contribution >= 4 is 24.0 Å². The number of hydrogen-bond acceptors (Lipinski definition) is 8. The van der Waals surface area contributed by atoms with Crippen molar-refractivity contribution in [3.63, 3.8) is 0 Å². The van der Waals surface area contributed by atoms with Crippen molar-refractivity contribution in [2.45, 2.75) is 106 Å². The van der Waals surface area contributed by atoms with Crippen LogP contribution in [0.5, 0.6) is 0 Å². The normalized spacial score (nSPS) is 29.7. The van der Waals surface area contributed by atoms with Gasteiger partial charge in [-0.15, -0.1) is 0 Å². The summed E-state index contributed by atoms with van der Waals surface area (Å²) < 4.78 is 11.0. The van der Waals surface area contributed by atoms with Crippen LogP contribution in [0.2, 0.25) is 0 Å². The number of fused-ring (bicyclic) bond motifs is 2. The van der Waals surface area contributed by atoms with Crippen LogP contribution in [-0.4, -0.2) is 115 Å². The fourth-order valence-corrected chi connectivity index (χ4v) is 11.5. The molecular weight excluding hydrogens is 805 g/mol. The number of ether oxygens (including phenoxy) is 2. The van der Waals surface area contributed by atoms with Crippen LogP contribution in [0.1, 0.15) is 104 Å². The van der Waals surface area contributed by atoms with Crippen molar-refractivity contribution in [3.8, 4) is 22.5 Å². The van der Waals surface area contributed by atoms with Crippen LogP contribution in [0, 0.1) is 23.7 Å². The minimum Gasteiger partial charge on any atom is -0.465 e. The van der Waals surface area contributed by atoms with E-state index in [4.69, 9.17) is 19.4 Å². The van der Waals surface area contributed by atoms with E-state index in [0.29, 0.717) is 75.8 Å². The van der Waals surface area contributed by atoms with Crippen molar-refractivity contribution < 1.29 is 38.9 Å². The number of nitrogens with zero attached hydrogens (tertiary/aromatic N) is 4. The molecule has 2 aromatic heterocycles. The van der Waals surface area contributed by atoms with Gasteiger partial charge in [0.2, 0.25) is 11.8 Å². The number of H-pyrrole nitrogens is 2. The highest BCUT2D eigenvalue weighted by molar-refractivity contribution is 5.88. The lowest BCUT2D eigenvalue weighted by atomic mass is 9.90. The van der Waals surface area contributed by atoms with E-state index < -0.39 is 24.3 Å². The summed E-state index contributed by atoms with van der Waals surface area (Å²) in [7, 11) is 0. The van der Waals surface area contributed by atoms with E-state index in [1.807, 2.05) is 22.2 Å². The molecule has 7 aliphatic rings. The van der Waals surface area contributed by atoms with Crippen molar-refractivity contribution in [1.82, 2.24) is 40.4 Å². The molecule has 11 rings (SSSR count). The molecular formula is C47H54N8O8. The van der Waals surface area contributed by atoms with E-state index in [-0.39, 0.29) is 47.8 Å². The molecule has 4 aromatic rings. The minimum absolute atomic E-state index is 0.0954. The number of carboxylic acid groups (broad SMARTS) is 2. The Hall–Kier alpha value is -5.74. The quantitative estimate of drug-likeness (QED) is 0.0951. The molecule has 10 atom stereocenters. The van der Waals surface area contributed by atoms with Gasteiger partial charge >= 0.3 is 12.2 Å². The molecule has 6 heterocycles. The summed E-state index contributed by atoms with van der Waals surface area (Å²) in [6.07, 6.45) is 8.49. The first-order valence-electron chi connectivity index (χ1n) is 22.8. The van der Waals surface area contributed by atoms with Gasteiger partial charge in [0.25, 0.3) is 0 Å². The second-order valence-electron chi connectivity index (χ2n) is 18.9. The zero-order valence-electron chi connectivity index (χ0n) is 35.0. The van der Waals surface area contributed by atoms with Crippen LogP contribution in [0.15, 0.2) is 60.9 Å². The molecule has 0 radical (unpaired) electrons. The smallest absolute Gasteiger partial charge is 0.405 e. The highest BCUT2D eigenvalue weighted by atomic mass is 16.5. The van der Waals surface area contributed by atoms with Crippen LogP contribution in [0.4, 0.5) is 9.59 Å². The van der Waals surface area contributed by atoms with Gasteiger partial charge in [-0.1, -0.05) is 48.5 Å². The zero-order chi connectivity index (χ0) is 42.9. The van der Waals surface area contributed by atoms with Gasteiger partial charge in [0.15, 0.2) is 0 Å². The molecule has 16 heteroatoms. The maximum Gasteiger partial charge on any atom is 0.405 e. The summed E-state index contributed by atoms with van der Waals surface area (Å²) in [5.74, 6) is 2.65. The summed E-state index contributed by atoms with van der Waals surface area (Å²) in [5, 5.41) is 24.3.